The highest BCUT2D eigenvalue weighted by molar-refractivity contribution is 5.83. The van der Waals surface area contributed by atoms with E-state index in [1.165, 1.54) is 89.9 Å². The molecule has 198 valence electrons. The van der Waals surface area contributed by atoms with Crippen molar-refractivity contribution in [3.8, 4) is 0 Å². The van der Waals surface area contributed by atoms with Crippen LogP contribution in [0.5, 0.6) is 0 Å². The van der Waals surface area contributed by atoms with Crippen molar-refractivity contribution in [2.75, 3.05) is 0 Å². The lowest BCUT2D eigenvalue weighted by atomic mass is 9.84. The number of aliphatic carboxylic acids is 1. The molecule has 0 fully saturated rings. The molecule has 0 spiro atoms. The van der Waals surface area contributed by atoms with Gasteiger partial charge >= 0.3 is 11.9 Å². The van der Waals surface area contributed by atoms with Gasteiger partial charge in [0.2, 0.25) is 0 Å². The second kappa shape index (κ2) is 19.9. The first-order chi connectivity index (χ1) is 16.5. The number of ether oxygens (including phenoxy) is 1. The molecule has 4 heteroatoms. The lowest BCUT2D eigenvalue weighted by Crippen LogP contribution is -2.34. The Bertz CT molecular complexity index is 554. The summed E-state index contributed by atoms with van der Waals surface area (Å²) in [4.78, 5) is 24.2. The van der Waals surface area contributed by atoms with Gasteiger partial charge in [0.1, 0.15) is 6.10 Å². The third kappa shape index (κ3) is 14.8. The van der Waals surface area contributed by atoms with Crippen molar-refractivity contribution in [2.24, 2.45) is 17.8 Å². The van der Waals surface area contributed by atoms with Crippen LogP contribution in [0.1, 0.15) is 143 Å². The van der Waals surface area contributed by atoms with Crippen molar-refractivity contribution < 1.29 is 19.4 Å². The molecule has 34 heavy (non-hydrogen) atoms. The fourth-order valence-electron chi connectivity index (χ4n) is 5.09. The van der Waals surface area contributed by atoms with Gasteiger partial charge < -0.3 is 9.84 Å². The number of carbonyl (C=O) groups is 2. The molecule has 1 aliphatic carbocycles. The van der Waals surface area contributed by atoms with Gasteiger partial charge in [-0.1, -0.05) is 123 Å². The molecule has 0 saturated carbocycles. The van der Waals surface area contributed by atoms with Crippen molar-refractivity contribution >= 4 is 11.9 Å². The fourth-order valence-corrected chi connectivity index (χ4v) is 5.09. The maximum absolute atomic E-state index is 12.7. The Balaban J connectivity index is 2.13. The van der Waals surface area contributed by atoms with E-state index < -0.39 is 17.8 Å². The minimum absolute atomic E-state index is 0.0979. The van der Waals surface area contributed by atoms with E-state index in [2.05, 4.69) is 20.8 Å². The fraction of sp³-hybridized carbons (Fsp3) is 0.867. The number of allylic oxidation sites excluding steroid dienone is 1. The number of hydrogen-bond acceptors (Lipinski definition) is 3. The van der Waals surface area contributed by atoms with E-state index in [-0.39, 0.29) is 12.1 Å². The van der Waals surface area contributed by atoms with E-state index in [1.807, 2.05) is 6.08 Å². The van der Waals surface area contributed by atoms with Crippen LogP contribution in [0, 0.1) is 17.8 Å². The quantitative estimate of drug-likeness (QED) is 0.102. The van der Waals surface area contributed by atoms with E-state index in [0.717, 1.165) is 25.7 Å². The third-order valence-electron chi connectivity index (χ3n) is 7.16. The molecule has 1 aliphatic rings. The molecular formula is C30H54O4. The predicted octanol–water partition coefficient (Wildman–Crippen LogP) is 8.87. The maximum Gasteiger partial charge on any atom is 0.313 e. The SMILES string of the molecule is CCCCCCCCCCCCCCCCCC(CC(C)C)OC(=O)C1C=CCCC1C(=O)O. The van der Waals surface area contributed by atoms with Crippen molar-refractivity contribution in [2.45, 2.75) is 149 Å². The molecule has 3 unspecified atom stereocenters. The summed E-state index contributed by atoms with van der Waals surface area (Å²) in [5, 5.41) is 9.45. The highest BCUT2D eigenvalue weighted by Gasteiger charge is 2.35. The Hall–Kier alpha value is -1.32. The van der Waals surface area contributed by atoms with Gasteiger partial charge in [-0.05, 0) is 38.0 Å². The van der Waals surface area contributed by atoms with Crippen LogP contribution in [-0.2, 0) is 14.3 Å². The summed E-state index contributed by atoms with van der Waals surface area (Å²) in [7, 11) is 0. The van der Waals surface area contributed by atoms with Gasteiger partial charge in [0.25, 0.3) is 0 Å². The number of carboxylic acids is 1. The number of rotatable bonds is 21. The van der Waals surface area contributed by atoms with Gasteiger partial charge in [-0.2, -0.15) is 0 Å². The lowest BCUT2D eigenvalue weighted by molar-refractivity contribution is -0.161. The van der Waals surface area contributed by atoms with Crippen molar-refractivity contribution in [1.82, 2.24) is 0 Å². The Morgan fingerprint density at radius 2 is 1.35 bits per heavy atom. The molecule has 0 aliphatic heterocycles. The summed E-state index contributed by atoms with van der Waals surface area (Å²) >= 11 is 0. The highest BCUT2D eigenvalue weighted by Crippen LogP contribution is 2.28. The number of carboxylic acid groups (broad SMARTS) is 1. The first kappa shape index (κ1) is 30.7. The second-order valence-corrected chi connectivity index (χ2v) is 10.9. The largest absolute Gasteiger partial charge is 0.481 e. The molecule has 0 aromatic rings. The molecule has 0 radical (unpaired) electrons. The lowest BCUT2D eigenvalue weighted by Gasteiger charge is -2.26. The highest BCUT2D eigenvalue weighted by atomic mass is 16.5. The van der Waals surface area contributed by atoms with E-state index in [9.17, 15) is 14.7 Å². The maximum atomic E-state index is 12.7. The summed E-state index contributed by atoms with van der Waals surface area (Å²) < 4.78 is 5.85. The molecule has 1 N–H and O–H groups in total. The predicted molar refractivity (Wildman–Crippen MR) is 142 cm³/mol. The first-order valence-corrected chi connectivity index (χ1v) is 14.6. The minimum Gasteiger partial charge on any atom is -0.481 e. The van der Waals surface area contributed by atoms with E-state index in [0.29, 0.717) is 12.3 Å². The Morgan fingerprint density at radius 1 is 0.853 bits per heavy atom. The zero-order valence-electron chi connectivity index (χ0n) is 22.6. The number of carbonyl (C=O) groups excluding carboxylic acids is 1. The number of esters is 1. The third-order valence-corrected chi connectivity index (χ3v) is 7.16. The van der Waals surface area contributed by atoms with Crippen molar-refractivity contribution in [1.29, 1.82) is 0 Å². The Labute approximate surface area is 210 Å². The summed E-state index contributed by atoms with van der Waals surface area (Å²) in [6.07, 6.45) is 26.6. The molecule has 0 aromatic heterocycles. The molecule has 3 atom stereocenters. The zero-order valence-corrected chi connectivity index (χ0v) is 22.6. The van der Waals surface area contributed by atoms with Crippen LogP contribution in [0.15, 0.2) is 12.2 Å². The van der Waals surface area contributed by atoms with Crippen LogP contribution in [0.4, 0.5) is 0 Å². The van der Waals surface area contributed by atoms with E-state index in [1.54, 1.807) is 6.08 Å². The van der Waals surface area contributed by atoms with Gasteiger partial charge in [0, 0.05) is 0 Å². The normalized spacial score (nSPS) is 18.8. The van der Waals surface area contributed by atoms with Gasteiger partial charge in [0.05, 0.1) is 11.8 Å². The summed E-state index contributed by atoms with van der Waals surface area (Å²) in [6.45, 7) is 6.57. The van der Waals surface area contributed by atoms with E-state index >= 15 is 0 Å². The van der Waals surface area contributed by atoms with Crippen LogP contribution in [-0.4, -0.2) is 23.1 Å². The summed E-state index contributed by atoms with van der Waals surface area (Å²) in [5.74, 6) is -2.08. The number of hydrogen-bond donors (Lipinski definition) is 1. The van der Waals surface area contributed by atoms with Crippen molar-refractivity contribution in [3.63, 3.8) is 0 Å². The Morgan fingerprint density at radius 3 is 1.82 bits per heavy atom. The smallest absolute Gasteiger partial charge is 0.313 e. The molecule has 0 amide bonds. The summed E-state index contributed by atoms with van der Waals surface area (Å²) in [5.41, 5.74) is 0. The molecule has 0 heterocycles. The molecule has 0 saturated heterocycles. The van der Waals surface area contributed by atoms with Crippen LogP contribution >= 0.6 is 0 Å². The van der Waals surface area contributed by atoms with Crippen LogP contribution in [0.2, 0.25) is 0 Å². The van der Waals surface area contributed by atoms with Gasteiger partial charge in [0.15, 0.2) is 0 Å². The molecule has 0 aromatic carbocycles. The molecule has 4 nitrogen and oxygen atoms in total. The van der Waals surface area contributed by atoms with Crippen LogP contribution < -0.4 is 0 Å². The van der Waals surface area contributed by atoms with Crippen LogP contribution in [0.3, 0.4) is 0 Å². The minimum atomic E-state index is -0.894. The Kier molecular flexibility index (Phi) is 18.0. The van der Waals surface area contributed by atoms with Gasteiger partial charge in [-0.25, -0.2) is 0 Å². The standard InChI is InChI=1S/C30H54O4/c1-4-5-6-7-8-9-10-11-12-13-14-15-16-17-18-21-26(24-25(2)3)34-30(33)28-23-20-19-22-27(28)29(31)32/h20,23,25-28H,4-19,21-22,24H2,1-3H3,(H,31,32). The average molecular weight is 479 g/mol. The molecule has 0 bridgehead atoms. The summed E-state index contributed by atoms with van der Waals surface area (Å²) in [6, 6.07) is 0. The monoisotopic (exact) mass is 478 g/mol. The first-order valence-electron chi connectivity index (χ1n) is 14.6. The zero-order chi connectivity index (χ0) is 25.0. The second-order valence-electron chi connectivity index (χ2n) is 10.9. The van der Waals surface area contributed by atoms with Gasteiger partial charge in [-0.3, -0.25) is 9.59 Å². The number of unbranched alkanes of at least 4 members (excludes halogenated alkanes) is 14. The molecular weight excluding hydrogens is 424 g/mol. The van der Waals surface area contributed by atoms with E-state index in [4.69, 9.17) is 4.74 Å². The van der Waals surface area contributed by atoms with Crippen LogP contribution in [0.25, 0.3) is 0 Å². The topological polar surface area (TPSA) is 63.6 Å². The van der Waals surface area contributed by atoms with Crippen molar-refractivity contribution in [3.05, 3.63) is 12.2 Å². The average Bonchev–Trinajstić information content (AvgIpc) is 2.81. The molecule has 1 rings (SSSR count). The van der Waals surface area contributed by atoms with Gasteiger partial charge in [-0.15, -0.1) is 0 Å².